The summed E-state index contributed by atoms with van der Waals surface area (Å²) in [5.74, 6) is 0. The van der Waals surface area contributed by atoms with E-state index in [9.17, 15) is 10.1 Å². The Bertz CT molecular complexity index is 629. The van der Waals surface area contributed by atoms with Crippen LogP contribution in [0.4, 0.5) is 5.69 Å². The van der Waals surface area contributed by atoms with Crippen LogP contribution in [0.25, 0.3) is 10.9 Å². The second-order valence-corrected chi connectivity index (χ2v) is 4.64. The maximum absolute atomic E-state index is 10.7. The summed E-state index contributed by atoms with van der Waals surface area (Å²) in [4.78, 5) is 14.5. The van der Waals surface area contributed by atoms with Gasteiger partial charge in [0.1, 0.15) is 5.15 Å². The maximum Gasteiger partial charge on any atom is 0.270 e. The number of nitrogens with zero attached hydrogens (tertiary/aromatic N) is 2. The van der Waals surface area contributed by atoms with Crippen LogP contribution in [0.5, 0.6) is 0 Å². The minimum Gasteiger partial charge on any atom is -0.258 e. The highest BCUT2D eigenvalue weighted by Crippen LogP contribution is 2.33. The van der Waals surface area contributed by atoms with E-state index >= 15 is 0 Å². The standard InChI is InChI=1S/C12H10Cl2N2O2/c1-2-3-8-11(13)9-6-7(16(17)18)4-5-10(9)15-12(8)14/h4-6H,2-3H2,1H3. The van der Waals surface area contributed by atoms with Crippen LogP contribution >= 0.6 is 23.2 Å². The molecule has 0 spiro atoms. The van der Waals surface area contributed by atoms with Crippen LogP contribution in [0.3, 0.4) is 0 Å². The van der Waals surface area contributed by atoms with Gasteiger partial charge in [0.25, 0.3) is 5.69 Å². The molecule has 0 unspecified atom stereocenters. The van der Waals surface area contributed by atoms with Crippen LogP contribution in [0.15, 0.2) is 18.2 Å². The van der Waals surface area contributed by atoms with Crippen molar-refractivity contribution in [2.75, 3.05) is 0 Å². The van der Waals surface area contributed by atoms with Crippen LogP contribution in [-0.2, 0) is 6.42 Å². The topological polar surface area (TPSA) is 56.0 Å². The molecule has 1 aromatic carbocycles. The minimum atomic E-state index is -0.454. The predicted octanol–water partition coefficient (Wildman–Crippen LogP) is 4.40. The Morgan fingerprint density at radius 3 is 2.72 bits per heavy atom. The van der Waals surface area contributed by atoms with Gasteiger partial charge in [0, 0.05) is 23.1 Å². The molecule has 0 fully saturated rings. The molecule has 0 amide bonds. The molecule has 0 saturated carbocycles. The number of rotatable bonds is 3. The zero-order chi connectivity index (χ0) is 13.3. The Morgan fingerprint density at radius 1 is 1.39 bits per heavy atom. The number of pyridine rings is 1. The molecule has 6 heteroatoms. The van der Waals surface area contributed by atoms with Crippen LogP contribution < -0.4 is 0 Å². The number of halogens is 2. The lowest BCUT2D eigenvalue weighted by Gasteiger charge is -2.08. The van der Waals surface area contributed by atoms with E-state index in [4.69, 9.17) is 23.2 Å². The molecule has 1 heterocycles. The van der Waals surface area contributed by atoms with Gasteiger partial charge in [-0.05, 0) is 12.5 Å². The van der Waals surface area contributed by atoms with Crippen molar-refractivity contribution in [3.05, 3.63) is 44.1 Å². The van der Waals surface area contributed by atoms with Gasteiger partial charge in [-0.1, -0.05) is 36.5 Å². The van der Waals surface area contributed by atoms with E-state index in [1.54, 1.807) is 6.07 Å². The average molecular weight is 285 g/mol. The summed E-state index contributed by atoms with van der Waals surface area (Å²) in [6, 6.07) is 4.38. The largest absolute Gasteiger partial charge is 0.270 e. The highest BCUT2D eigenvalue weighted by Gasteiger charge is 2.14. The van der Waals surface area contributed by atoms with E-state index in [0.29, 0.717) is 27.5 Å². The highest BCUT2D eigenvalue weighted by molar-refractivity contribution is 6.39. The Balaban J connectivity index is 2.72. The first kappa shape index (κ1) is 13.1. The van der Waals surface area contributed by atoms with Gasteiger partial charge in [-0.15, -0.1) is 0 Å². The zero-order valence-corrected chi connectivity index (χ0v) is 11.1. The van der Waals surface area contributed by atoms with E-state index in [1.807, 2.05) is 6.92 Å². The van der Waals surface area contributed by atoms with Crippen molar-refractivity contribution in [2.24, 2.45) is 0 Å². The molecule has 4 nitrogen and oxygen atoms in total. The molecular formula is C12H10Cl2N2O2. The molecule has 0 aliphatic rings. The van der Waals surface area contributed by atoms with Crippen molar-refractivity contribution in [1.29, 1.82) is 0 Å². The van der Waals surface area contributed by atoms with Crippen LogP contribution in [0.1, 0.15) is 18.9 Å². The minimum absolute atomic E-state index is 0.00373. The van der Waals surface area contributed by atoms with Gasteiger partial charge >= 0.3 is 0 Å². The second kappa shape index (κ2) is 5.08. The number of aromatic nitrogens is 1. The average Bonchev–Trinajstić information content (AvgIpc) is 2.34. The van der Waals surface area contributed by atoms with E-state index in [-0.39, 0.29) is 5.69 Å². The van der Waals surface area contributed by atoms with E-state index < -0.39 is 4.92 Å². The summed E-state index contributed by atoms with van der Waals surface area (Å²) >= 11 is 12.3. The lowest BCUT2D eigenvalue weighted by Crippen LogP contribution is -1.94. The lowest BCUT2D eigenvalue weighted by molar-refractivity contribution is -0.384. The Hall–Kier alpha value is -1.39. The molecule has 0 aliphatic carbocycles. The SMILES string of the molecule is CCCc1c(Cl)nc2ccc([N+](=O)[O-])cc2c1Cl. The summed E-state index contributed by atoms with van der Waals surface area (Å²) in [6.07, 6.45) is 1.57. The van der Waals surface area contributed by atoms with Gasteiger partial charge in [-0.3, -0.25) is 10.1 Å². The van der Waals surface area contributed by atoms with E-state index in [1.165, 1.54) is 12.1 Å². The molecule has 0 saturated heterocycles. The summed E-state index contributed by atoms with van der Waals surface area (Å²) in [6.45, 7) is 2.00. The molecule has 0 bridgehead atoms. The summed E-state index contributed by atoms with van der Waals surface area (Å²) in [5.41, 5.74) is 1.31. The first-order valence-corrected chi connectivity index (χ1v) is 6.22. The van der Waals surface area contributed by atoms with Gasteiger partial charge in [-0.25, -0.2) is 4.98 Å². The van der Waals surface area contributed by atoms with Crippen LogP contribution in [-0.4, -0.2) is 9.91 Å². The maximum atomic E-state index is 10.7. The fraction of sp³-hybridized carbons (Fsp3) is 0.250. The molecule has 0 radical (unpaired) electrons. The zero-order valence-electron chi connectivity index (χ0n) is 9.61. The van der Waals surface area contributed by atoms with Crippen LogP contribution in [0.2, 0.25) is 10.2 Å². The Labute approximate surface area is 114 Å². The monoisotopic (exact) mass is 284 g/mol. The number of non-ortho nitro benzene ring substituents is 1. The molecule has 2 aromatic rings. The molecule has 18 heavy (non-hydrogen) atoms. The van der Waals surface area contributed by atoms with Crippen LogP contribution in [0, 0.1) is 10.1 Å². The fourth-order valence-electron chi connectivity index (χ4n) is 1.80. The van der Waals surface area contributed by atoms with Gasteiger partial charge in [0.2, 0.25) is 0 Å². The van der Waals surface area contributed by atoms with Gasteiger partial charge in [0.15, 0.2) is 0 Å². The predicted molar refractivity (Wildman–Crippen MR) is 72.4 cm³/mol. The quantitative estimate of drug-likeness (QED) is 0.477. The number of fused-ring (bicyclic) bond motifs is 1. The lowest BCUT2D eigenvalue weighted by atomic mass is 10.1. The first-order chi connectivity index (χ1) is 8.54. The Morgan fingerprint density at radius 2 is 2.11 bits per heavy atom. The van der Waals surface area contributed by atoms with Crippen molar-refractivity contribution in [3.63, 3.8) is 0 Å². The number of benzene rings is 1. The summed E-state index contributed by atoms with van der Waals surface area (Å²) in [7, 11) is 0. The first-order valence-electron chi connectivity index (χ1n) is 5.46. The molecule has 0 aliphatic heterocycles. The molecular weight excluding hydrogens is 275 g/mol. The number of nitro groups is 1. The third-order valence-electron chi connectivity index (χ3n) is 2.66. The van der Waals surface area contributed by atoms with Crippen molar-refractivity contribution >= 4 is 39.8 Å². The van der Waals surface area contributed by atoms with Crippen molar-refractivity contribution in [2.45, 2.75) is 19.8 Å². The second-order valence-electron chi connectivity index (χ2n) is 3.90. The fourth-order valence-corrected chi connectivity index (χ4v) is 2.46. The van der Waals surface area contributed by atoms with Gasteiger partial charge in [-0.2, -0.15) is 0 Å². The van der Waals surface area contributed by atoms with Gasteiger partial charge in [0.05, 0.1) is 15.5 Å². The molecule has 2 rings (SSSR count). The Kier molecular flexibility index (Phi) is 3.68. The summed E-state index contributed by atoms with van der Waals surface area (Å²) in [5, 5.41) is 12.1. The summed E-state index contributed by atoms with van der Waals surface area (Å²) < 4.78 is 0. The molecule has 0 N–H and O–H groups in total. The molecule has 0 atom stereocenters. The number of nitro benzene ring substituents is 1. The normalized spacial score (nSPS) is 10.8. The molecule has 1 aromatic heterocycles. The van der Waals surface area contributed by atoms with Crippen molar-refractivity contribution in [1.82, 2.24) is 4.98 Å². The number of hydrogen-bond acceptors (Lipinski definition) is 3. The molecule has 94 valence electrons. The smallest absolute Gasteiger partial charge is 0.258 e. The van der Waals surface area contributed by atoms with E-state index in [0.717, 1.165) is 12.0 Å². The van der Waals surface area contributed by atoms with Crippen molar-refractivity contribution in [3.8, 4) is 0 Å². The number of hydrogen-bond donors (Lipinski definition) is 0. The highest BCUT2D eigenvalue weighted by atomic mass is 35.5. The van der Waals surface area contributed by atoms with E-state index in [2.05, 4.69) is 4.98 Å². The van der Waals surface area contributed by atoms with Gasteiger partial charge < -0.3 is 0 Å². The van der Waals surface area contributed by atoms with Crippen molar-refractivity contribution < 1.29 is 4.92 Å². The third kappa shape index (κ3) is 2.26. The third-order valence-corrected chi connectivity index (χ3v) is 3.40.